The third-order valence-electron chi connectivity index (χ3n) is 4.25. The van der Waals surface area contributed by atoms with Gasteiger partial charge in [0.1, 0.15) is 5.82 Å². The number of nitrogens with zero attached hydrogens (tertiary/aromatic N) is 2. The molecular weight excluding hydrogens is 417 g/mol. The minimum atomic E-state index is -0.469. The zero-order valence-corrected chi connectivity index (χ0v) is 17.4. The molecule has 1 fully saturated rings. The van der Waals surface area contributed by atoms with Crippen LogP contribution in [0.4, 0.5) is 14.9 Å². The molecule has 1 saturated heterocycles. The molecule has 2 amide bonds. The lowest BCUT2D eigenvalue weighted by molar-refractivity contribution is -0.116. The predicted molar refractivity (Wildman–Crippen MR) is 106 cm³/mol. The van der Waals surface area contributed by atoms with Gasteiger partial charge in [-0.1, -0.05) is 29.8 Å². The van der Waals surface area contributed by atoms with Gasteiger partial charge in [0.15, 0.2) is 0 Å². The number of anilines is 1. The molecule has 1 aliphatic rings. The molecule has 1 aromatic carbocycles. The number of nitrogens with one attached hydrogen (secondary N) is 1. The predicted octanol–water partition coefficient (Wildman–Crippen LogP) is 3.72. The van der Waals surface area contributed by atoms with Crippen LogP contribution in [0.1, 0.15) is 26.7 Å². The maximum absolute atomic E-state index is 13.8. The molecule has 0 aliphatic carbocycles. The van der Waals surface area contributed by atoms with Gasteiger partial charge in [0.05, 0.1) is 12.3 Å². The minimum Gasteiger partial charge on any atom is -0.449 e. The summed E-state index contributed by atoms with van der Waals surface area (Å²) in [4.78, 5) is 28.0. The first kappa shape index (κ1) is 21.6. The van der Waals surface area contributed by atoms with Gasteiger partial charge < -0.3 is 19.9 Å². The number of hydrogen-bond donors (Lipinski definition) is 1. The van der Waals surface area contributed by atoms with E-state index in [1.165, 1.54) is 12.1 Å². The van der Waals surface area contributed by atoms with Crippen LogP contribution >= 0.6 is 15.9 Å². The fourth-order valence-electron chi connectivity index (χ4n) is 2.77. The second-order valence-electron chi connectivity index (χ2n) is 7.08. The molecule has 0 radical (unpaired) electrons. The molecule has 1 N–H and O–H groups in total. The molecule has 0 spiro atoms. The van der Waals surface area contributed by atoms with Gasteiger partial charge in [-0.05, 0) is 37.1 Å². The highest BCUT2D eigenvalue weighted by molar-refractivity contribution is 9.10. The first-order valence-electron chi connectivity index (χ1n) is 9.24. The normalized spacial score (nSPS) is 15.5. The molecule has 150 valence electrons. The Labute approximate surface area is 168 Å². The molecule has 0 bridgehead atoms. The summed E-state index contributed by atoms with van der Waals surface area (Å²) in [6.45, 7) is 7.74. The molecule has 0 aromatic heterocycles. The van der Waals surface area contributed by atoms with Gasteiger partial charge in [-0.2, -0.15) is 0 Å². The van der Waals surface area contributed by atoms with Crippen LogP contribution in [0.2, 0.25) is 0 Å². The van der Waals surface area contributed by atoms with E-state index in [1.807, 2.05) is 13.8 Å². The van der Waals surface area contributed by atoms with Crippen molar-refractivity contribution in [2.45, 2.75) is 26.7 Å². The molecule has 1 aliphatic heterocycles. The van der Waals surface area contributed by atoms with Crippen LogP contribution in [0.25, 0.3) is 0 Å². The Balaban J connectivity index is 1.74. The van der Waals surface area contributed by atoms with Crippen molar-refractivity contribution in [3.8, 4) is 0 Å². The highest BCUT2D eigenvalue weighted by atomic mass is 79.9. The third-order valence-corrected chi connectivity index (χ3v) is 4.74. The van der Waals surface area contributed by atoms with E-state index >= 15 is 0 Å². The van der Waals surface area contributed by atoms with Crippen LogP contribution < -0.4 is 5.32 Å². The van der Waals surface area contributed by atoms with Crippen molar-refractivity contribution in [1.82, 2.24) is 9.80 Å². The van der Waals surface area contributed by atoms with Crippen molar-refractivity contribution in [3.63, 3.8) is 0 Å². The molecule has 1 aromatic rings. The fraction of sp³-hybridized carbons (Fsp3) is 0.579. The Morgan fingerprint density at radius 2 is 2.04 bits per heavy atom. The van der Waals surface area contributed by atoms with Gasteiger partial charge in [0.2, 0.25) is 5.91 Å². The summed E-state index contributed by atoms with van der Waals surface area (Å²) in [5.41, 5.74) is 0.179. The summed E-state index contributed by atoms with van der Waals surface area (Å²) in [5, 5.41) is 2.60. The minimum absolute atomic E-state index is 0.179. The number of carbonyl (C=O) groups excluding carboxylic acids is 2. The van der Waals surface area contributed by atoms with Crippen LogP contribution in [0.3, 0.4) is 0 Å². The van der Waals surface area contributed by atoms with E-state index in [9.17, 15) is 14.0 Å². The van der Waals surface area contributed by atoms with E-state index in [0.29, 0.717) is 43.2 Å². The van der Waals surface area contributed by atoms with Crippen molar-refractivity contribution in [2.24, 2.45) is 5.92 Å². The van der Waals surface area contributed by atoms with E-state index in [1.54, 1.807) is 11.0 Å². The summed E-state index contributed by atoms with van der Waals surface area (Å²) in [7, 11) is 0. The average molecular weight is 444 g/mol. The topological polar surface area (TPSA) is 61.9 Å². The van der Waals surface area contributed by atoms with Gasteiger partial charge in [-0.15, -0.1) is 0 Å². The molecule has 2 rings (SSSR count). The first-order valence-corrected chi connectivity index (χ1v) is 10.0. The van der Waals surface area contributed by atoms with Crippen molar-refractivity contribution >= 4 is 33.6 Å². The van der Waals surface area contributed by atoms with Crippen LogP contribution in [0.5, 0.6) is 0 Å². The zero-order chi connectivity index (χ0) is 19.8. The van der Waals surface area contributed by atoms with Crippen molar-refractivity contribution in [3.05, 3.63) is 28.5 Å². The van der Waals surface area contributed by atoms with Gasteiger partial charge in [0.25, 0.3) is 0 Å². The summed E-state index contributed by atoms with van der Waals surface area (Å²) in [6, 6.07) is 4.53. The number of rotatable bonds is 6. The van der Waals surface area contributed by atoms with E-state index in [2.05, 4.69) is 26.1 Å². The lowest BCUT2D eigenvalue weighted by atomic mass is 10.2. The highest BCUT2D eigenvalue weighted by Gasteiger charge is 2.20. The van der Waals surface area contributed by atoms with Crippen molar-refractivity contribution in [2.75, 3.05) is 44.6 Å². The fourth-order valence-corrected chi connectivity index (χ4v) is 3.10. The lowest BCUT2D eigenvalue weighted by Crippen LogP contribution is -2.36. The Kier molecular flexibility index (Phi) is 8.50. The van der Waals surface area contributed by atoms with Crippen LogP contribution in [-0.2, 0) is 9.53 Å². The molecule has 8 heteroatoms. The largest absolute Gasteiger partial charge is 0.449 e. The first-order chi connectivity index (χ1) is 12.8. The lowest BCUT2D eigenvalue weighted by Gasteiger charge is -2.22. The molecule has 27 heavy (non-hydrogen) atoms. The quantitative estimate of drug-likeness (QED) is 0.727. The zero-order valence-electron chi connectivity index (χ0n) is 15.8. The number of carbonyl (C=O) groups is 2. The number of ether oxygens (including phenoxy) is 1. The molecule has 0 atom stereocenters. The van der Waals surface area contributed by atoms with E-state index in [0.717, 1.165) is 13.0 Å². The van der Waals surface area contributed by atoms with E-state index < -0.39 is 5.82 Å². The monoisotopic (exact) mass is 443 g/mol. The summed E-state index contributed by atoms with van der Waals surface area (Å²) >= 11 is 3.19. The maximum atomic E-state index is 13.8. The summed E-state index contributed by atoms with van der Waals surface area (Å²) < 4.78 is 19.7. The SMILES string of the molecule is CC(C)COC(=O)N1CCCN(CCC(=O)Nc2ccc(Br)cc2F)CC1. The maximum Gasteiger partial charge on any atom is 0.409 e. The summed E-state index contributed by atoms with van der Waals surface area (Å²) in [6.07, 6.45) is 0.835. The second-order valence-corrected chi connectivity index (χ2v) is 7.99. The van der Waals surface area contributed by atoms with Gasteiger partial charge in [-0.25, -0.2) is 9.18 Å². The van der Waals surface area contributed by atoms with Crippen LogP contribution in [-0.4, -0.2) is 61.1 Å². The Hall–Kier alpha value is -1.67. The Morgan fingerprint density at radius 1 is 1.26 bits per heavy atom. The Morgan fingerprint density at radius 3 is 2.74 bits per heavy atom. The number of amides is 2. The van der Waals surface area contributed by atoms with Gasteiger partial charge >= 0.3 is 6.09 Å². The molecule has 1 heterocycles. The smallest absolute Gasteiger partial charge is 0.409 e. The van der Waals surface area contributed by atoms with Gasteiger partial charge in [-0.3, -0.25) is 4.79 Å². The van der Waals surface area contributed by atoms with Crippen LogP contribution in [0, 0.1) is 11.7 Å². The molecular formula is C19H27BrFN3O3. The van der Waals surface area contributed by atoms with Crippen molar-refractivity contribution < 1.29 is 18.7 Å². The number of benzene rings is 1. The molecule has 6 nitrogen and oxygen atoms in total. The molecule has 0 unspecified atom stereocenters. The third kappa shape index (κ3) is 7.46. The summed E-state index contributed by atoms with van der Waals surface area (Å²) in [5.74, 6) is -0.386. The highest BCUT2D eigenvalue weighted by Crippen LogP contribution is 2.19. The molecule has 0 saturated carbocycles. The van der Waals surface area contributed by atoms with Crippen molar-refractivity contribution in [1.29, 1.82) is 0 Å². The van der Waals surface area contributed by atoms with E-state index in [4.69, 9.17) is 4.74 Å². The Bertz CT molecular complexity index is 657. The number of hydrogen-bond acceptors (Lipinski definition) is 4. The van der Waals surface area contributed by atoms with Crippen LogP contribution in [0.15, 0.2) is 22.7 Å². The number of halogens is 2. The average Bonchev–Trinajstić information content (AvgIpc) is 2.86. The second kappa shape index (κ2) is 10.6. The standard InChI is InChI=1S/C19H27BrFN3O3/c1-14(2)13-27-19(26)24-8-3-7-23(10-11-24)9-6-18(25)22-17-5-4-15(20)12-16(17)21/h4-5,12,14H,3,6-11,13H2,1-2H3,(H,22,25). The van der Waals surface area contributed by atoms with E-state index in [-0.39, 0.29) is 24.1 Å². The van der Waals surface area contributed by atoms with Gasteiger partial charge in [0, 0.05) is 37.1 Å².